The van der Waals surface area contributed by atoms with Crippen molar-refractivity contribution in [1.29, 1.82) is 0 Å². The van der Waals surface area contributed by atoms with Gasteiger partial charge in [0.15, 0.2) is 11.6 Å². The number of ether oxygens (including phenoxy) is 3. The maximum atomic E-state index is 13.4. The second-order valence-corrected chi connectivity index (χ2v) is 8.49. The second kappa shape index (κ2) is 9.02. The number of aliphatic hydroxyl groups excluding tert-OH is 4. The fourth-order valence-electron chi connectivity index (χ4n) is 4.25. The molecule has 1 heterocycles. The number of phenols is 1. The molecule has 4 rings (SSSR count). The fourth-order valence-corrected chi connectivity index (χ4v) is 4.25. The maximum absolute atomic E-state index is 13.4. The van der Waals surface area contributed by atoms with Crippen LogP contribution in [0.3, 0.4) is 0 Å². The van der Waals surface area contributed by atoms with E-state index in [-0.39, 0.29) is 44.9 Å². The fraction of sp³-hybridized carbons (Fsp3) is 0.375. The number of fused-ring (bicyclic) bond motifs is 2. The number of hydrogen-bond donors (Lipinski definition) is 5. The highest BCUT2D eigenvalue weighted by Crippen LogP contribution is 2.42. The van der Waals surface area contributed by atoms with Crippen LogP contribution in [0.25, 0.3) is 0 Å². The minimum Gasteiger partial charge on any atom is -0.507 e. The summed E-state index contributed by atoms with van der Waals surface area (Å²) in [6, 6.07) is 3.66. The zero-order valence-electron chi connectivity index (χ0n) is 19.0. The third-order valence-corrected chi connectivity index (χ3v) is 6.13. The van der Waals surface area contributed by atoms with Crippen LogP contribution < -0.4 is 9.47 Å². The predicted octanol–water partition coefficient (Wildman–Crippen LogP) is 0.0999. The van der Waals surface area contributed by atoms with Crippen molar-refractivity contribution in [3.63, 3.8) is 0 Å². The molecular weight excluding hydrogens is 464 g/mol. The number of benzene rings is 2. The van der Waals surface area contributed by atoms with Crippen molar-refractivity contribution in [1.82, 2.24) is 0 Å². The molecule has 11 nitrogen and oxygen atoms in total. The molecule has 5 N–H and O–H groups in total. The van der Waals surface area contributed by atoms with Gasteiger partial charge in [0.25, 0.3) is 0 Å². The molecule has 5 atom stereocenters. The minimum absolute atomic E-state index is 0.0420. The maximum Gasteiger partial charge on any atom is 0.308 e. The van der Waals surface area contributed by atoms with Gasteiger partial charge in [-0.15, -0.1) is 0 Å². The molecule has 0 spiro atoms. The van der Waals surface area contributed by atoms with Crippen molar-refractivity contribution in [2.45, 2.75) is 58.1 Å². The average Bonchev–Trinajstić information content (AvgIpc) is 2.81. The number of esters is 1. The molecular formula is C24H24O11. The highest BCUT2D eigenvalue weighted by Gasteiger charge is 2.44. The lowest BCUT2D eigenvalue weighted by Crippen LogP contribution is -2.58. The van der Waals surface area contributed by atoms with Crippen LogP contribution in [-0.4, -0.2) is 73.8 Å². The number of aromatic hydroxyl groups is 1. The number of carbonyl (C=O) groups is 3. The Labute approximate surface area is 199 Å². The van der Waals surface area contributed by atoms with Gasteiger partial charge < -0.3 is 39.7 Å². The number of aliphatic hydroxyl groups is 4. The lowest BCUT2D eigenvalue weighted by molar-refractivity contribution is -0.268. The Bertz CT molecular complexity index is 1230. The highest BCUT2D eigenvalue weighted by molar-refractivity contribution is 6.30. The Balaban J connectivity index is 1.80. The summed E-state index contributed by atoms with van der Waals surface area (Å²) in [5.41, 5.74) is -0.679. The molecule has 35 heavy (non-hydrogen) atoms. The van der Waals surface area contributed by atoms with Crippen molar-refractivity contribution in [2.75, 3.05) is 0 Å². The molecule has 0 radical (unpaired) electrons. The average molecular weight is 488 g/mol. The molecule has 0 bridgehead atoms. The lowest BCUT2D eigenvalue weighted by atomic mass is 9.80. The largest absolute Gasteiger partial charge is 0.507 e. The van der Waals surface area contributed by atoms with Crippen molar-refractivity contribution in [2.24, 2.45) is 0 Å². The van der Waals surface area contributed by atoms with E-state index in [4.69, 9.17) is 14.2 Å². The van der Waals surface area contributed by atoms with Gasteiger partial charge in [0.05, 0.1) is 18.3 Å². The van der Waals surface area contributed by atoms with Crippen LogP contribution in [0.4, 0.5) is 0 Å². The summed E-state index contributed by atoms with van der Waals surface area (Å²) < 4.78 is 16.1. The van der Waals surface area contributed by atoms with Crippen molar-refractivity contribution in [3.05, 3.63) is 51.6 Å². The second-order valence-electron chi connectivity index (χ2n) is 8.49. The summed E-state index contributed by atoms with van der Waals surface area (Å²) in [6.07, 6.45) is -6.91. The van der Waals surface area contributed by atoms with Gasteiger partial charge in [0.1, 0.15) is 35.6 Å². The van der Waals surface area contributed by atoms with E-state index in [1.54, 1.807) is 0 Å². The highest BCUT2D eigenvalue weighted by atomic mass is 16.7. The van der Waals surface area contributed by atoms with Gasteiger partial charge in [-0.3, -0.25) is 14.4 Å². The molecule has 0 aromatic heterocycles. The molecule has 1 saturated heterocycles. The van der Waals surface area contributed by atoms with Crippen molar-refractivity contribution >= 4 is 17.5 Å². The Morgan fingerprint density at radius 3 is 2.29 bits per heavy atom. The zero-order chi connectivity index (χ0) is 25.8. The standard InChI is InChI=1S/C24H24O11/c1-8-15(35-24-23(32)22(31)19(28)9(2)33-24)6-14-17(18(8)27)21(30)16-11(7-25)4-12(34-10(3)26)5-13(16)20(14)29/h4-6,9,19,22-25,27-28,31-32H,7H2,1-3H3/t9-,19+,22+,23+,24-/m0/s1. The van der Waals surface area contributed by atoms with E-state index in [1.165, 1.54) is 32.0 Å². The van der Waals surface area contributed by atoms with Crippen LogP contribution in [0.1, 0.15) is 56.8 Å². The van der Waals surface area contributed by atoms with Crippen molar-refractivity contribution < 1.29 is 54.1 Å². The van der Waals surface area contributed by atoms with E-state index in [0.29, 0.717) is 0 Å². The number of ketones is 2. The molecule has 2 aliphatic rings. The van der Waals surface area contributed by atoms with Crippen LogP contribution in [-0.2, 0) is 16.1 Å². The Morgan fingerprint density at radius 2 is 1.66 bits per heavy atom. The van der Waals surface area contributed by atoms with E-state index in [0.717, 1.165) is 6.92 Å². The van der Waals surface area contributed by atoms with Gasteiger partial charge in [-0.25, -0.2) is 0 Å². The summed E-state index contributed by atoms with van der Waals surface area (Å²) in [4.78, 5) is 38.1. The quantitative estimate of drug-likeness (QED) is 0.248. The molecule has 11 heteroatoms. The van der Waals surface area contributed by atoms with Gasteiger partial charge in [-0.05, 0) is 37.6 Å². The first kappa shape index (κ1) is 24.8. The smallest absolute Gasteiger partial charge is 0.308 e. The van der Waals surface area contributed by atoms with Crippen LogP contribution in [0.15, 0.2) is 18.2 Å². The molecule has 2 aromatic carbocycles. The first-order valence-corrected chi connectivity index (χ1v) is 10.7. The van der Waals surface area contributed by atoms with Gasteiger partial charge in [-0.2, -0.15) is 0 Å². The molecule has 0 amide bonds. The molecule has 0 unspecified atom stereocenters. The Hall–Kier alpha value is -3.35. The molecule has 0 saturated carbocycles. The predicted molar refractivity (Wildman–Crippen MR) is 116 cm³/mol. The number of phenolic OH excluding ortho intramolecular Hbond substituents is 1. The van der Waals surface area contributed by atoms with E-state index >= 15 is 0 Å². The van der Waals surface area contributed by atoms with E-state index in [1.807, 2.05) is 0 Å². The summed E-state index contributed by atoms with van der Waals surface area (Å²) in [7, 11) is 0. The third-order valence-electron chi connectivity index (χ3n) is 6.13. The molecule has 1 fully saturated rings. The number of rotatable bonds is 4. The SMILES string of the molecule is CC(=O)Oc1cc(CO)c2c(c1)C(=O)c1cc(O[C@@H]3O[C@@H](C)[C@@H](O)[C@@H](O)[C@H]3O)c(C)c(O)c1C2=O. The molecule has 1 aliphatic carbocycles. The van der Waals surface area contributed by atoms with Crippen LogP contribution in [0.5, 0.6) is 17.2 Å². The summed E-state index contributed by atoms with van der Waals surface area (Å²) in [5.74, 6) is -2.79. The minimum atomic E-state index is -1.64. The summed E-state index contributed by atoms with van der Waals surface area (Å²) in [6.45, 7) is 3.41. The first-order valence-electron chi connectivity index (χ1n) is 10.7. The monoisotopic (exact) mass is 488 g/mol. The third kappa shape index (κ3) is 4.07. The van der Waals surface area contributed by atoms with Gasteiger partial charge in [-0.1, -0.05) is 0 Å². The van der Waals surface area contributed by atoms with E-state index < -0.39 is 60.6 Å². The first-order chi connectivity index (χ1) is 16.5. The number of carbonyl (C=O) groups excluding carboxylic acids is 3. The normalized spacial score (nSPS) is 25.6. The van der Waals surface area contributed by atoms with Crippen LogP contribution >= 0.6 is 0 Å². The summed E-state index contributed by atoms with van der Waals surface area (Å²) >= 11 is 0. The molecule has 1 aliphatic heterocycles. The van der Waals surface area contributed by atoms with E-state index in [2.05, 4.69) is 0 Å². The Morgan fingerprint density at radius 1 is 1.00 bits per heavy atom. The van der Waals surface area contributed by atoms with Crippen LogP contribution in [0, 0.1) is 6.92 Å². The summed E-state index contributed by atoms with van der Waals surface area (Å²) in [5, 5.41) is 50.8. The van der Waals surface area contributed by atoms with Crippen molar-refractivity contribution in [3.8, 4) is 17.2 Å². The van der Waals surface area contributed by atoms with Gasteiger partial charge in [0.2, 0.25) is 6.29 Å². The van der Waals surface area contributed by atoms with E-state index in [9.17, 15) is 39.9 Å². The zero-order valence-corrected chi connectivity index (χ0v) is 19.0. The Kier molecular flexibility index (Phi) is 6.38. The lowest BCUT2D eigenvalue weighted by Gasteiger charge is -2.39. The molecule has 186 valence electrons. The number of hydrogen-bond acceptors (Lipinski definition) is 11. The van der Waals surface area contributed by atoms with Crippen LogP contribution in [0.2, 0.25) is 0 Å². The topological polar surface area (TPSA) is 180 Å². The van der Waals surface area contributed by atoms with Gasteiger partial charge in [0, 0.05) is 29.2 Å². The molecule has 2 aromatic rings. The van der Waals surface area contributed by atoms with Gasteiger partial charge >= 0.3 is 5.97 Å².